The number of hydrogen-bond acceptors (Lipinski definition) is 6. The molecular weight excluding hydrogens is 260 g/mol. The molecule has 2 heterocycles. The van der Waals surface area contributed by atoms with Crippen molar-refractivity contribution in [3.05, 3.63) is 12.4 Å². The van der Waals surface area contributed by atoms with E-state index in [0.717, 1.165) is 32.0 Å². The van der Waals surface area contributed by atoms with E-state index in [1.54, 1.807) is 12.4 Å². The van der Waals surface area contributed by atoms with Gasteiger partial charge >= 0.3 is 5.97 Å². The lowest BCUT2D eigenvalue weighted by Crippen LogP contribution is -2.47. The molecule has 7 nitrogen and oxygen atoms in total. The standard InChI is InChI=1S/C13H20N4O3/c1-2-20-12-10-14-9-11(15-12)17-7-5-16(6-8-17)4-3-13(18)19/h9-10H,2-8H2,1H3,(H,18,19). The number of rotatable bonds is 6. The number of carboxylic acid groups (broad SMARTS) is 1. The van der Waals surface area contributed by atoms with E-state index in [9.17, 15) is 4.79 Å². The average molecular weight is 280 g/mol. The zero-order valence-corrected chi connectivity index (χ0v) is 11.7. The highest BCUT2D eigenvalue weighted by molar-refractivity contribution is 5.66. The van der Waals surface area contributed by atoms with Gasteiger partial charge in [-0.05, 0) is 6.92 Å². The number of aliphatic carboxylic acids is 1. The number of aromatic nitrogens is 2. The van der Waals surface area contributed by atoms with Crippen LogP contribution in [-0.2, 0) is 4.79 Å². The van der Waals surface area contributed by atoms with Crippen LogP contribution in [0.4, 0.5) is 5.82 Å². The minimum atomic E-state index is -0.747. The Bertz CT molecular complexity index is 447. The van der Waals surface area contributed by atoms with Crippen LogP contribution in [0.2, 0.25) is 0 Å². The maximum absolute atomic E-state index is 10.6. The van der Waals surface area contributed by atoms with Crippen LogP contribution in [0.1, 0.15) is 13.3 Å². The number of nitrogens with zero attached hydrogens (tertiary/aromatic N) is 4. The molecular formula is C13H20N4O3. The number of hydrogen-bond donors (Lipinski definition) is 1. The van der Waals surface area contributed by atoms with Gasteiger partial charge in [0.15, 0.2) is 5.82 Å². The summed E-state index contributed by atoms with van der Waals surface area (Å²) in [5, 5.41) is 8.69. The number of carboxylic acids is 1. The Labute approximate surface area is 118 Å². The molecule has 0 spiro atoms. The smallest absolute Gasteiger partial charge is 0.304 e. The third-order valence-corrected chi connectivity index (χ3v) is 3.23. The maximum atomic E-state index is 10.6. The Balaban J connectivity index is 1.86. The van der Waals surface area contributed by atoms with Gasteiger partial charge in [-0.25, -0.2) is 0 Å². The summed E-state index contributed by atoms with van der Waals surface area (Å²) in [5.74, 6) is 0.606. The van der Waals surface area contributed by atoms with E-state index < -0.39 is 5.97 Å². The van der Waals surface area contributed by atoms with Crippen molar-refractivity contribution in [2.75, 3.05) is 44.2 Å². The highest BCUT2D eigenvalue weighted by Gasteiger charge is 2.19. The van der Waals surface area contributed by atoms with Crippen LogP contribution in [0.5, 0.6) is 5.88 Å². The van der Waals surface area contributed by atoms with E-state index in [1.807, 2.05) is 6.92 Å². The largest absolute Gasteiger partial charge is 0.481 e. The summed E-state index contributed by atoms with van der Waals surface area (Å²) >= 11 is 0. The van der Waals surface area contributed by atoms with Gasteiger partial charge in [0.25, 0.3) is 0 Å². The summed E-state index contributed by atoms with van der Waals surface area (Å²) in [5.41, 5.74) is 0. The van der Waals surface area contributed by atoms with Gasteiger partial charge in [-0.1, -0.05) is 0 Å². The molecule has 1 aromatic rings. The second-order valence-corrected chi connectivity index (χ2v) is 4.62. The molecule has 1 N–H and O–H groups in total. The van der Waals surface area contributed by atoms with Crippen molar-refractivity contribution in [1.29, 1.82) is 0 Å². The lowest BCUT2D eigenvalue weighted by Gasteiger charge is -2.34. The molecule has 1 aliphatic heterocycles. The summed E-state index contributed by atoms with van der Waals surface area (Å²) in [7, 11) is 0. The van der Waals surface area contributed by atoms with Crippen LogP contribution >= 0.6 is 0 Å². The fourth-order valence-corrected chi connectivity index (χ4v) is 2.16. The molecule has 0 amide bonds. The SMILES string of the molecule is CCOc1cncc(N2CCN(CCC(=O)O)CC2)n1. The molecule has 0 aromatic carbocycles. The molecule has 1 aliphatic rings. The fourth-order valence-electron chi connectivity index (χ4n) is 2.16. The first-order valence-electron chi connectivity index (χ1n) is 6.83. The van der Waals surface area contributed by atoms with Crippen LogP contribution in [0.15, 0.2) is 12.4 Å². The molecule has 1 aromatic heterocycles. The van der Waals surface area contributed by atoms with E-state index in [-0.39, 0.29) is 6.42 Å². The van der Waals surface area contributed by atoms with Gasteiger partial charge in [0.1, 0.15) is 0 Å². The molecule has 1 saturated heterocycles. The van der Waals surface area contributed by atoms with Gasteiger partial charge in [0, 0.05) is 32.7 Å². The highest BCUT2D eigenvalue weighted by Crippen LogP contribution is 2.16. The van der Waals surface area contributed by atoms with Crippen LogP contribution < -0.4 is 9.64 Å². The van der Waals surface area contributed by atoms with Gasteiger partial charge in [0.2, 0.25) is 5.88 Å². The summed E-state index contributed by atoms with van der Waals surface area (Å²) in [6.07, 6.45) is 3.53. The van der Waals surface area contributed by atoms with E-state index in [2.05, 4.69) is 19.8 Å². The van der Waals surface area contributed by atoms with Crippen molar-refractivity contribution in [2.45, 2.75) is 13.3 Å². The van der Waals surface area contributed by atoms with E-state index in [4.69, 9.17) is 9.84 Å². The first-order chi connectivity index (χ1) is 9.69. The third-order valence-electron chi connectivity index (χ3n) is 3.23. The Morgan fingerprint density at radius 2 is 2.10 bits per heavy atom. The normalized spacial score (nSPS) is 16.1. The molecule has 0 atom stereocenters. The van der Waals surface area contributed by atoms with Crippen molar-refractivity contribution >= 4 is 11.8 Å². The van der Waals surface area contributed by atoms with E-state index in [0.29, 0.717) is 19.0 Å². The van der Waals surface area contributed by atoms with Crippen molar-refractivity contribution in [3.63, 3.8) is 0 Å². The molecule has 0 radical (unpaired) electrons. The topological polar surface area (TPSA) is 78.8 Å². The van der Waals surface area contributed by atoms with Crippen molar-refractivity contribution in [2.24, 2.45) is 0 Å². The molecule has 110 valence electrons. The highest BCUT2D eigenvalue weighted by atomic mass is 16.5. The second-order valence-electron chi connectivity index (χ2n) is 4.62. The molecule has 0 bridgehead atoms. The fraction of sp³-hybridized carbons (Fsp3) is 0.615. The van der Waals surface area contributed by atoms with Crippen LogP contribution in [0.25, 0.3) is 0 Å². The number of piperazine rings is 1. The predicted molar refractivity (Wildman–Crippen MR) is 74.1 cm³/mol. The monoisotopic (exact) mass is 280 g/mol. The molecule has 7 heteroatoms. The summed E-state index contributed by atoms with van der Waals surface area (Å²) in [6.45, 7) is 6.42. The molecule has 0 unspecified atom stereocenters. The second kappa shape index (κ2) is 7.04. The van der Waals surface area contributed by atoms with Gasteiger partial charge in [0.05, 0.1) is 25.4 Å². The first-order valence-corrected chi connectivity index (χ1v) is 6.83. The third kappa shape index (κ3) is 4.06. The molecule has 1 fully saturated rings. The Kier molecular flexibility index (Phi) is 5.11. The average Bonchev–Trinajstić information content (AvgIpc) is 2.46. The summed E-state index contributed by atoms with van der Waals surface area (Å²) in [4.78, 5) is 23.4. The zero-order chi connectivity index (χ0) is 14.4. The molecule has 2 rings (SSSR count). The van der Waals surface area contributed by atoms with E-state index in [1.165, 1.54) is 0 Å². The lowest BCUT2D eigenvalue weighted by molar-refractivity contribution is -0.137. The Hall–Kier alpha value is -1.89. The minimum absolute atomic E-state index is 0.194. The van der Waals surface area contributed by atoms with Crippen LogP contribution in [0.3, 0.4) is 0 Å². The lowest BCUT2D eigenvalue weighted by atomic mass is 10.3. The van der Waals surface area contributed by atoms with Crippen molar-refractivity contribution in [3.8, 4) is 5.88 Å². The first kappa shape index (κ1) is 14.5. The number of anilines is 1. The molecule has 0 aliphatic carbocycles. The quantitative estimate of drug-likeness (QED) is 0.811. The summed E-state index contributed by atoms with van der Waals surface area (Å²) in [6, 6.07) is 0. The summed E-state index contributed by atoms with van der Waals surface area (Å²) < 4.78 is 5.35. The predicted octanol–water partition coefficient (Wildman–Crippen LogP) is 0.472. The van der Waals surface area contributed by atoms with Gasteiger partial charge in [-0.2, -0.15) is 4.98 Å². The maximum Gasteiger partial charge on any atom is 0.304 e. The number of ether oxygens (including phenoxy) is 1. The Morgan fingerprint density at radius 3 is 2.75 bits per heavy atom. The van der Waals surface area contributed by atoms with Crippen LogP contribution in [0, 0.1) is 0 Å². The van der Waals surface area contributed by atoms with Gasteiger partial charge in [-0.3, -0.25) is 14.7 Å². The minimum Gasteiger partial charge on any atom is -0.481 e. The van der Waals surface area contributed by atoms with Crippen molar-refractivity contribution in [1.82, 2.24) is 14.9 Å². The van der Waals surface area contributed by atoms with Crippen molar-refractivity contribution < 1.29 is 14.6 Å². The van der Waals surface area contributed by atoms with Gasteiger partial charge < -0.3 is 14.7 Å². The van der Waals surface area contributed by atoms with Gasteiger partial charge in [-0.15, -0.1) is 0 Å². The zero-order valence-electron chi connectivity index (χ0n) is 11.7. The van der Waals surface area contributed by atoms with E-state index >= 15 is 0 Å². The Morgan fingerprint density at radius 1 is 1.35 bits per heavy atom. The van der Waals surface area contributed by atoms with Crippen LogP contribution in [-0.4, -0.2) is 65.3 Å². The molecule has 20 heavy (non-hydrogen) atoms. The molecule has 0 saturated carbocycles. The number of carbonyl (C=O) groups is 1.